The minimum Gasteiger partial charge on any atom is -0.501 e. The van der Waals surface area contributed by atoms with E-state index in [0.717, 1.165) is 24.2 Å². The molecule has 5 aliphatic rings. The second kappa shape index (κ2) is 12.4. The maximum atomic E-state index is 13.9. The molecule has 6 atom stereocenters. The van der Waals surface area contributed by atoms with Gasteiger partial charge < -0.3 is 14.8 Å². The second-order valence-corrected chi connectivity index (χ2v) is 13.7. The van der Waals surface area contributed by atoms with Crippen LogP contribution >= 0.6 is 0 Å². The van der Waals surface area contributed by atoms with Crippen LogP contribution in [0.2, 0.25) is 0 Å². The summed E-state index contributed by atoms with van der Waals surface area (Å²) in [5.41, 5.74) is 1.80. The van der Waals surface area contributed by atoms with E-state index in [1.165, 1.54) is 6.21 Å². The summed E-state index contributed by atoms with van der Waals surface area (Å²) in [6, 6.07) is 0. The number of allylic oxidation sites excluding steroid dienone is 5. The normalized spacial score (nSPS) is 31.0. The summed E-state index contributed by atoms with van der Waals surface area (Å²) >= 11 is 0. The molecule has 0 saturated heterocycles. The molecular weight excluding hydrogens is 540 g/mol. The Balaban J connectivity index is 1.19. The molecule has 0 aromatic carbocycles. The van der Waals surface area contributed by atoms with Gasteiger partial charge in [0.05, 0.1) is 42.0 Å². The molecule has 2 saturated carbocycles. The van der Waals surface area contributed by atoms with Gasteiger partial charge in [-0.05, 0) is 68.1 Å². The SMILES string of the molecule is COC1=CC=C(COC2=NCC(NC(=O)C(C[C@H]3C[C@@H](F)[C@@H](F)C3)C3=CCC(S(=O)(=O)C4CC4)C=C3)N=C2)CC1. The number of carbonyl (C=O) groups excluding carboxylic acids is 1. The molecule has 3 unspecified atom stereocenters. The van der Waals surface area contributed by atoms with E-state index >= 15 is 0 Å². The van der Waals surface area contributed by atoms with Crippen molar-refractivity contribution in [2.45, 2.75) is 80.4 Å². The van der Waals surface area contributed by atoms with Crippen LogP contribution in [0, 0.1) is 11.8 Å². The molecule has 1 amide bonds. The van der Waals surface area contributed by atoms with Crippen LogP contribution < -0.4 is 5.32 Å². The lowest BCUT2D eigenvalue weighted by atomic mass is 9.84. The van der Waals surface area contributed by atoms with Crippen molar-refractivity contribution in [2.75, 3.05) is 20.3 Å². The summed E-state index contributed by atoms with van der Waals surface area (Å²) in [6.07, 6.45) is 10.7. The van der Waals surface area contributed by atoms with Crippen LogP contribution in [0.1, 0.15) is 51.4 Å². The molecule has 11 heteroatoms. The number of ether oxygens (including phenoxy) is 2. The molecule has 40 heavy (non-hydrogen) atoms. The number of carbonyl (C=O) groups is 1. The monoisotopic (exact) mass is 577 g/mol. The number of nitrogens with one attached hydrogen (secondary N) is 1. The van der Waals surface area contributed by atoms with E-state index in [4.69, 9.17) is 9.47 Å². The Kier molecular flexibility index (Phi) is 8.87. The van der Waals surface area contributed by atoms with E-state index in [-0.39, 0.29) is 42.9 Å². The minimum absolute atomic E-state index is 0.0756. The van der Waals surface area contributed by atoms with Crippen LogP contribution in [0.4, 0.5) is 8.78 Å². The Labute approximate surface area is 234 Å². The van der Waals surface area contributed by atoms with Gasteiger partial charge in [0, 0.05) is 6.42 Å². The van der Waals surface area contributed by atoms with Crippen LogP contribution in [0.15, 0.2) is 57.3 Å². The standard InChI is InChI=1S/C29H37F2N3O5S/c1-38-21-6-2-18(3-7-21)17-39-28-16-32-27(15-33-28)34-29(35)24(12-19-13-25(30)26(31)14-19)20-4-8-22(9-5-20)40(36,37)23-10-11-23/h2,4-6,8,16,19,22-27H,3,7,9-15,17H2,1H3,(H,34,35)/t19-,22?,24?,25+,26-,27?. The van der Waals surface area contributed by atoms with Gasteiger partial charge in [0.2, 0.25) is 11.8 Å². The van der Waals surface area contributed by atoms with E-state index in [0.29, 0.717) is 37.3 Å². The lowest BCUT2D eigenvalue weighted by Gasteiger charge is -2.26. The summed E-state index contributed by atoms with van der Waals surface area (Å²) in [7, 11) is -1.57. The fourth-order valence-electron chi connectivity index (χ4n) is 5.68. The highest BCUT2D eigenvalue weighted by Gasteiger charge is 2.41. The largest absolute Gasteiger partial charge is 0.501 e. The van der Waals surface area contributed by atoms with Crippen molar-refractivity contribution >= 4 is 27.9 Å². The molecule has 218 valence electrons. The number of methoxy groups -OCH3 is 1. The number of rotatable bonds is 10. The third-order valence-electron chi connectivity index (χ3n) is 8.26. The summed E-state index contributed by atoms with van der Waals surface area (Å²) in [4.78, 5) is 22.3. The summed E-state index contributed by atoms with van der Waals surface area (Å²) in [6.45, 7) is 0.595. The van der Waals surface area contributed by atoms with Crippen molar-refractivity contribution in [3.8, 4) is 0 Å². The highest BCUT2D eigenvalue weighted by atomic mass is 32.2. The van der Waals surface area contributed by atoms with E-state index in [2.05, 4.69) is 15.3 Å². The Morgan fingerprint density at radius 2 is 1.95 bits per heavy atom. The van der Waals surface area contributed by atoms with Crippen LogP contribution in [0.5, 0.6) is 0 Å². The van der Waals surface area contributed by atoms with Crippen molar-refractivity contribution < 1.29 is 31.5 Å². The number of amides is 1. The van der Waals surface area contributed by atoms with Crippen LogP contribution in [0.25, 0.3) is 0 Å². The van der Waals surface area contributed by atoms with Gasteiger partial charge in [0.25, 0.3) is 0 Å². The molecule has 1 N–H and O–H groups in total. The highest BCUT2D eigenvalue weighted by Crippen LogP contribution is 2.39. The third-order valence-corrected chi connectivity index (χ3v) is 10.9. The summed E-state index contributed by atoms with van der Waals surface area (Å²) < 4.78 is 64.2. The summed E-state index contributed by atoms with van der Waals surface area (Å²) in [5, 5.41) is 2.04. The fraction of sp³-hybridized carbons (Fsp3) is 0.621. The van der Waals surface area contributed by atoms with Crippen LogP contribution in [-0.4, -0.2) is 75.7 Å². The number of halogens is 2. The van der Waals surface area contributed by atoms with Gasteiger partial charge >= 0.3 is 0 Å². The number of aliphatic imine (C=N–C) groups is 2. The molecule has 1 heterocycles. The number of alkyl halides is 2. The van der Waals surface area contributed by atoms with E-state index in [1.54, 1.807) is 25.3 Å². The maximum Gasteiger partial charge on any atom is 0.229 e. The zero-order chi connectivity index (χ0) is 28.3. The zero-order valence-corrected chi connectivity index (χ0v) is 23.5. The molecule has 0 radical (unpaired) electrons. The van der Waals surface area contributed by atoms with Gasteiger partial charge in [0.1, 0.15) is 25.1 Å². The fourth-order valence-corrected chi connectivity index (χ4v) is 7.63. The Morgan fingerprint density at radius 1 is 1.18 bits per heavy atom. The predicted molar refractivity (Wildman–Crippen MR) is 149 cm³/mol. The van der Waals surface area contributed by atoms with Crippen molar-refractivity contribution in [3.63, 3.8) is 0 Å². The number of hydrogen-bond donors (Lipinski definition) is 1. The first kappa shape index (κ1) is 28.7. The van der Waals surface area contributed by atoms with E-state index in [9.17, 15) is 22.0 Å². The van der Waals surface area contributed by atoms with Gasteiger partial charge in [-0.25, -0.2) is 22.2 Å². The molecule has 0 aromatic heterocycles. The molecule has 2 fully saturated rings. The molecule has 0 aromatic rings. The van der Waals surface area contributed by atoms with Crippen molar-refractivity contribution in [1.82, 2.24) is 5.32 Å². The van der Waals surface area contributed by atoms with Crippen LogP contribution in [0.3, 0.4) is 0 Å². The summed E-state index contributed by atoms with van der Waals surface area (Å²) in [5.74, 6) is 0.0658. The molecule has 1 aliphatic heterocycles. The second-order valence-electron chi connectivity index (χ2n) is 11.2. The topological polar surface area (TPSA) is 106 Å². The average molecular weight is 578 g/mol. The first-order valence-corrected chi connectivity index (χ1v) is 15.7. The molecule has 0 bridgehead atoms. The van der Waals surface area contributed by atoms with Gasteiger partial charge in [-0.15, -0.1) is 0 Å². The van der Waals surface area contributed by atoms with E-state index in [1.807, 2.05) is 12.2 Å². The van der Waals surface area contributed by atoms with Crippen LogP contribution in [-0.2, 0) is 24.1 Å². The molecular formula is C29H37F2N3O5S. The number of sulfone groups is 1. The predicted octanol–water partition coefficient (Wildman–Crippen LogP) is 4.10. The van der Waals surface area contributed by atoms with Crippen molar-refractivity contribution in [3.05, 3.63) is 47.3 Å². The van der Waals surface area contributed by atoms with E-state index < -0.39 is 39.5 Å². The maximum absolute atomic E-state index is 13.9. The molecule has 4 aliphatic carbocycles. The van der Waals surface area contributed by atoms with Gasteiger partial charge in [-0.2, -0.15) is 0 Å². The van der Waals surface area contributed by atoms with Crippen molar-refractivity contribution in [1.29, 1.82) is 0 Å². The number of hydrogen-bond acceptors (Lipinski definition) is 7. The Bertz CT molecular complexity index is 1260. The zero-order valence-electron chi connectivity index (χ0n) is 22.7. The van der Waals surface area contributed by atoms with Crippen molar-refractivity contribution in [2.24, 2.45) is 21.8 Å². The first-order chi connectivity index (χ1) is 19.2. The van der Waals surface area contributed by atoms with Gasteiger partial charge in [-0.1, -0.05) is 24.3 Å². The molecule has 5 rings (SSSR count). The highest BCUT2D eigenvalue weighted by molar-refractivity contribution is 7.93. The quantitative estimate of drug-likeness (QED) is 0.421. The lowest BCUT2D eigenvalue weighted by molar-refractivity contribution is -0.124. The number of nitrogens with zero attached hydrogens (tertiary/aromatic N) is 2. The minimum atomic E-state index is -3.23. The smallest absolute Gasteiger partial charge is 0.229 e. The molecule has 8 nitrogen and oxygen atoms in total. The Hall–Kier alpha value is -2.82. The first-order valence-electron chi connectivity index (χ1n) is 14.1. The average Bonchev–Trinajstić information content (AvgIpc) is 3.77. The van der Waals surface area contributed by atoms with Gasteiger partial charge in [-0.3, -0.25) is 9.79 Å². The van der Waals surface area contributed by atoms with Gasteiger partial charge in [0.15, 0.2) is 9.84 Å². The molecule has 0 spiro atoms. The Morgan fingerprint density at radius 3 is 2.52 bits per heavy atom. The third kappa shape index (κ3) is 6.90. The lowest BCUT2D eigenvalue weighted by Crippen LogP contribution is -2.42.